The fourth-order valence-corrected chi connectivity index (χ4v) is 3.29. The van der Waals surface area contributed by atoms with Crippen LogP contribution >= 0.6 is 0 Å². The summed E-state index contributed by atoms with van der Waals surface area (Å²) >= 11 is 0. The minimum Gasteiger partial charge on any atom is -1.00 e. The third-order valence-electron chi connectivity index (χ3n) is 5.20. The van der Waals surface area contributed by atoms with Gasteiger partial charge in [0, 0.05) is 11.1 Å². The summed E-state index contributed by atoms with van der Waals surface area (Å²) in [6, 6.07) is 23.6. The number of halogens is 1. The molecule has 2 unspecified atom stereocenters. The first kappa shape index (κ1) is 32.0. The van der Waals surface area contributed by atoms with Gasteiger partial charge in [0.25, 0.3) is 0 Å². The van der Waals surface area contributed by atoms with E-state index in [1.807, 2.05) is 115 Å². The van der Waals surface area contributed by atoms with Gasteiger partial charge in [-0.15, -0.1) is 0 Å². The van der Waals surface area contributed by atoms with Gasteiger partial charge in [-0.1, -0.05) is 108 Å². The Morgan fingerprint density at radius 3 is 1.35 bits per heavy atom. The van der Waals surface area contributed by atoms with Crippen LogP contribution in [-0.2, 0) is 26.2 Å². The number of hydrogen-bond donors (Lipinski definition) is 2. The van der Waals surface area contributed by atoms with Crippen molar-refractivity contribution >= 4 is 12.2 Å². The van der Waals surface area contributed by atoms with Crippen LogP contribution in [0.2, 0.25) is 0 Å². The molecule has 6 heteroatoms. The predicted molar refractivity (Wildman–Crippen MR) is 147 cm³/mol. The molecule has 0 fully saturated rings. The molecule has 2 aliphatic carbocycles. The second-order valence-corrected chi connectivity index (χ2v) is 7.81. The number of para-hydroxylation sites is 2. The Morgan fingerprint density at radius 1 is 0.622 bits per heavy atom. The molecule has 0 saturated carbocycles. The quantitative estimate of drug-likeness (QED) is 0.411. The van der Waals surface area contributed by atoms with Gasteiger partial charge in [0.2, 0.25) is 0 Å². The summed E-state index contributed by atoms with van der Waals surface area (Å²) in [5.41, 5.74) is 18.8. The van der Waals surface area contributed by atoms with Crippen molar-refractivity contribution in [3.05, 3.63) is 161 Å². The van der Waals surface area contributed by atoms with E-state index in [1.54, 1.807) is 24.3 Å². The predicted octanol–water partition coefficient (Wildman–Crippen LogP) is 5.05. The van der Waals surface area contributed by atoms with Gasteiger partial charge >= 0.3 is 26.2 Å². The topological polar surface area (TPSA) is 88.1 Å². The van der Waals surface area contributed by atoms with Crippen LogP contribution in [-0.4, -0.2) is 22.3 Å². The molecule has 0 amide bonds. The molecule has 0 aliphatic heterocycles. The Labute approximate surface area is 244 Å². The van der Waals surface area contributed by atoms with Gasteiger partial charge in [0.05, 0.1) is 0 Å². The molecule has 0 aromatic heterocycles. The molecule has 0 heterocycles. The average molecular weight is 588 g/mol. The summed E-state index contributed by atoms with van der Waals surface area (Å²) in [5.74, 6) is 0.500. The van der Waals surface area contributed by atoms with E-state index in [1.165, 1.54) is 0 Å². The molecule has 2 aliphatic rings. The number of hydrogen-bond acceptors (Lipinski definition) is 2. The first-order valence-electron chi connectivity index (χ1n) is 11.3. The fourth-order valence-electron chi connectivity index (χ4n) is 3.29. The molecule has 4 nitrogen and oxygen atoms in total. The van der Waals surface area contributed by atoms with E-state index in [0.29, 0.717) is 0 Å². The molecule has 0 bridgehead atoms. The number of aromatic hydroxyl groups is 2. The van der Waals surface area contributed by atoms with Crippen molar-refractivity contribution in [2.24, 2.45) is 0 Å². The van der Waals surface area contributed by atoms with Gasteiger partial charge in [-0.25, -0.2) is 12.1 Å². The largest absolute Gasteiger partial charge is 4.00 e. The summed E-state index contributed by atoms with van der Waals surface area (Å²) in [5, 5.41) is 19.2. The Hall–Kier alpha value is -3.08. The molecule has 0 saturated heterocycles. The van der Waals surface area contributed by atoms with E-state index in [2.05, 4.69) is 0 Å². The van der Waals surface area contributed by atoms with Crippen LogP contribution in [0.4, 0.5) is 0 Å². The zero-order valence-corrected chi connectivity index (χ0v) is 23.4. The van der Waals surface area contributed by atoms with E-state index >= 15 is 0 Å². The van der Waals surface area contributed by atoms with Gasteiger partial charge < -0.3 is 34.1 Å². The number of phenols is 2. The van der Waals surface area contributed by atoms with Crippen LogP contribution in [0.3, 0.4) is 0 Å². The van der Waals surface area contributed by atoms with Gasteiger partial charge in [-0.2, -0.15) is 18.2 Å². The van der Waals surface area contributed by atoms with Crippen molar-refractivity contribution in [1.29, 1.82) is 0 Å². The summed E-state index contributed by atoms with van der Waals surface area (Å²) < 4.78 is 0. The molecule has 2 atom stereocenters. The van der Waals surface area contributed by atoms with Crippen LogP contribution in [0, 0.1) is 0 Å². The molecular weight excluding hydrogens is 559 g/mol. The molecular formula is C31H29ClN2O2Zr. The van der Waals surface area contributed by atoms with E-state index < -0.39 is 0 Å². The van der Waals surface area contributed by atoms with Crippen LogP contribution in [0.15, 0.2) is 139 Å². The smallest absolute Gasteiger partial charge is 1.00 e. The number of allylic oxidation sites excluding steroid dienone is 4. The van der Waals surface area contributed by atoms with Crippen LogP contribution in [0.1, 0.15) is 11.1 Å². The van der Waals surface area contributed by atoms with Crippen LogP contribution < -0.4 is 12.4 Å². The summed E-state index contributed by atoms with van der Waals surface area (Å²) in [7, 11) is 0. The standard InChI is InChI=1S/2C13H12NO.C5H5.ClH.Zr/c2*14-12-7-3-1-5-10(12)9-11-6-2-4-8-13(11)15;1-2-4-5-3-1;;/h2*1-9,12,14-15H;1-5H;1H;/q3*-1;;+4/p-1. The number of rotatable bonds is 2. The maximum Gasteiger partial charge on any atom is 4.00 e. The second kappa shape index (κ2) is 17.4. The van der Waals surface area contributed by atoms with Gasteiger partial charge in [-0.3, -0.25) is 0 Å². The van der Waals surface area contributed by atoms with E-state index in [0.717, 1.165) is 22.3 Å². The van der Waals surface area contributed by atoms with Crippen LogP contribution in [0.5, 0.6) is 11.5 Å². The molecule has 0 spiro atoms. The molecule has 5 rings (SSSR count). The van der Waals surface area contributed by atoms with Crippen molar-refractivity contribution < 1.29 is 48.8 Å². The molecule has 3 aromatic rings. The molecule has 4 N–H and O–H groups in total. The van der Waals surface area contributed by atoms with Crippen molar-refractivity contribution in [3.8, 4) is 11.5 Å². The normalized spacial score (nSPS) is 19.1. The number of phenolic OH excluding ortho intramolecular Hbond substituents is 2. The first-order valence-corrected chi connectivity index (χ1v) is 11.3. The monoisotopic (exact) mass is 586 g/mol. The Bertz CT molecular complexity index is 1160. The maximum atomic E-state index is 9.58. The summed E-state index contributed by atoms with van der Waals surface area (Å²) in [4.78, 5) is 0. The van der Waals surface area contributed by atoms with Gasteiger partial charge in [0.1, 0.15) is 11.5 Å². The SMILES string of the molecule is [Cl-].[NH-]C1C=CC=CC1=Cc1ccccc1O.[NH-]C1C=CC=CC1=Cc1ccccc1O.[Zr+4].c1cc[cH-]c1. The third kappa shape index (κ3) is 10.8. The first-order chi connectivity index (χ1) is 17.0. The summed E-state index contributed by atoms with van der Waals surface area (Å²) in [6.45, 7) is 0. The minimum absolute atomic E-state index is 0. The Balaban J connectivity index is 0.000000298. The molecule has 37 heavy (non-hydrogen) atoms. The number of nitrogens with one attached hydrogen (secondary N) is 2. The zero-order chi connectivity index (χ0) is 24.9. The molecule has 186 valence electrons. The van der Waals surface area contributed by atoms with Gasteiger partial charge in [-0.05, 0) is 24.3 Å². The minimum atomic E-state index is -0.338. The fraction of sp³-hybridized carbons (Fsp3) is 0.0645. The summed E-state index contributed by atoms with van der Waals surface area (Å²) in [6.07, 6.45) is 18.6. The maximum absolute atomic E-state index is 9.58. The van der Waals surface area contributed by atoms with Crippen LogP contribution in [0.25, 0.3) is 23.6 Å². The second-order valence-electron chi connectivity index (χ2n) is 7.81. The van der Waals surface area contributed by atoms with Gasteiger partial charge in [0.15, 0.2) is 0 Å². The third-order valence-corrected chi connectivity index (χ3v) is 5.20. The zero-order valence-electron chi connectivity index (χ0n) is 20.2. The molecule has 3 aromatic carbocycles. The average Bonchev–Trinajstić information content (AvgIpc) is 3.46. The van der Waals surface area contributed by atoms with Crippen molar-refractivity contribution in [1.82, 2.24) is 0 Å². The van der Waals surface area contributed by atoms with Crippen molar-refractivity contribution in [2.45, 2.75) is 12.1 Å². The van der Waals surface area contributed by atoms with E-state index in [-0.39, 0.29) is 62.2 Å². The van der Waals surface area contributed by atoms with E-state index in [4.69, 9.17) is 11.5 Å². The van der Waals surface area contributed by atoms with Crippen molar-refractivity contribution in [2.75, 3.05) is 0 Å². The van der Waals surface area contributed by atoms with Crippen molar-refractivity contribution in [3.63, 3.8) is 0 Å². The Kier molecular flexibility index (Phi) is 15.0. The number of benzene rings is 2. The molecule has 0 radical (unpaired) electrons. The Morgan fingerprint density at radius 2 is 1.03 bits per heavy atom. The van der Waals surface area contributed by atoms with E-state index in [9.17, 15) is 10.2 Å².